The molecule has 6 nitrogen and oxygen atoms in total. The van der Waals surface area contributed by atoms with Crippen molar-refractivity contribution in [2.45, 2.75) is 32.0 Å². The van der Waals surface area contributed by atoms with Gasteiger partial charge in [-0.25, -0.2) is 9.97 Å². The zero-order chi connectivity index (χ0) is 18.5. The topological polar surface area (TPSA) is 72.4 Å². The van der Waals surface area contributed by atoms with E-state index < -0.39 is 24.0 Å². The van der Waals surface area contributed by atoms with Crippen LogP contribution in [0, 0.1) is 12.8 Å². The van der Waals surface area contributed by atoms with E-state index in [1.165, 1.54) is 12.6 Å². The van der Waals surface area contributed by atoms with Crippen LogP contribution in [-0.2, 0) is 0 Å². The van der Waals surface area contributed by atoms with Crippen molar-refractivity contribution in [1.29, 1.82) is 0 Å². The largest absolute Gasteiger partial charge is 0.463 e. The second-order valence-corrected chi connectivity index (χ2v) is 6.38. The summed E-state index contributed by atoms with van der Waals surface area (Å²) in [5.41, 5.74) is 1.24. The molecule has 0 bridgehead atoms. The summed E-state index contributed by atoms with van der Waals surface area (Å²) in [7, 11) is 0. The molecule has 1 aliphatic rings. The van der Waals surface area contributed by atoms with Crippen LogP contribution < -0.4 is 5.32 Å². The smallest absolute Gasteiger partial charge is 0.408 e. The number of amides is 1. The first-order chi connectivity index (χ1) is 12.3. The Labute approximate surface area is 146 Å². The van der Waals surface area contributed by atoms with Gasteiger partial charge >= 0.3 is 6.18 Å². The van der Waals surface area contributed by atoms with Crippen molar-refractivity contribution in [2.75, 3.05) is 0 Å². The third-order valence-corrected chi connectivity index (χ3v) is 4.42. The minimum absolute atomic E-state index is 0.142. The van der Waals surface area contributed by atoms with Crippen molar-refractivity contribution >= 4 is 11.6 Å². The van der Waals surface area contributed by atoms with Gasteiger partial charge < -0.3 is 9.73 Å². The molecule has 0 radical (unpaired) electrons. The number of halogens is 3. The lowest BCUT2D eigenvalue weighted by atomic mass is 10.1. The Kier molecular flexibility index (Phi) is 3.74. The number of imidazole rings is 1. The van der Waals surface area contributed by atoms with Gasteiger partial charge in [0.05, 0.1) is 6.26 Å². The lowest BCUT2D eigenvalue weighted by Crippen LogP contribution is -2.47. The normalized spacial score (nSPS) is 16.0. The highest BCUT2D eigenvalue weighted by Gasteiger charge is 2.50. The second kappa shape index (κ2) is 5.86. The van der Waals surface area contributed by atoms with Gasteiger partial charge in [0.25, 0.3) is 5.91 Å². The Hall–Kier alpha value is -2.84. The summed E-state index contributed by atoms with van der Waals surface area (Å²) in [6.07, 6.45) is -0.722. The first kappa shape index (κ1) is 16.6. The molecule has 1 N–H and O–H groups in total. The molecule has 136 valence electrons. The van der Waals surface area contributed by atoms with Crippen LogP contribution in [0.25, 0.3) is 17.1 Å². The minimum Gasteiger partial charge on any atom is -0.463 e. The zero-order valence-corrected chi connectivity index (χ0v) is 13.7. The van der Waals surface area contributed by atoms with E-state index in [1.54, 1.807) is 29.5 Å². The number of hydrogen-bond donors (Lipinski definition) is 1. The lowest BCUT2D eigenvalue weighted by Gasteiger charge is -2.20. The molecule has 0 saturated heterocycles. The maximum Gasteiger partial charge on any atom is 0.408 e. The van der Waals surface area contributed by atoms with Crippen molar-refractivity contribution in [1.82, 2.24) is 19.7 Å². The van der Waals surface area contributed by atoms with E-state index in [0.717, 1.165) is 5.69 Å². The molecule has 3 aromatic rings. The van der Waals surface area contributed by atoms with Crippen molar-refractivity contribution in [3.05, 3.63) is 42.2 Å². The first-order valence-corrected chi connectivity index (χ1v) is 8.11. The standard InChI is InChI=1S/C17H15F3N4O2/c1-9-7-11(12-3-2-6-26-12)22-15-13(21-8-24(9)15)16(25)23-14(10-4-5-10)17(18,19)20/h2-3,6-8,10,14H,4-5H2,1H3,(H,23,25). The van der Waals surface area contributed by atoms with Gasteiger partial charge in [-0.15, -0.1) is 0 Å². The fourth-order valence-corrected chi connectivity index (χ4v) is 2.94. The number of rotatable bonds is 4. The minimum atomic E-state index is -4.49. The molecule has 1 atom stereocenters. The van der Waals surface area contributed by atoms with Crippen LogP contribution in [-0.4, -0.2) is 32.5 Å². The highest BCUT2D eigenvalue weighted by atomic mass is 19.4. The highest BCUT2D eigenvalue weighted by molar-refractivity contribution is 5.98. The van der Waals surface area contributed by atoms with Crippen LogP contribution >= 0.6 is 0 Å². The summed E-state index contributed by atoms with van der Waals surface area (Å²) in [4.78, 5) is 20.8. The van der Waals surface area contributed by atoms with Crippen LogP contribution in [0.3, 0.4) is 0 Å². The Morgan fingerprint density at radius 1 is 1.42 bits per heavy atom. The number of nitrogens with one attached hydrogen (secondary N) is 1. The predicted octanol–water partition coefficient (Wildman–Crippen LogP) is 3.37. The molecule has 0 aromatic carbocycles. The van der Waals surface area contributed by atoms with Gasteiger partial charge in [-0.2, -0.15) is 13.2 Å². The monoisotopic (exact) mass is 364 g/mol. The number of furan rings is 1. The Bertz CT molecular complexity index is 958. The van der Waals surface area contributed by atoms with E-state index in [4.69, 9.17) is 4.42 Å². The van der Waals surface area contributed by atoms with Crippen LogP contribution in [0.5, 0.6) is 0 Å². The molecule has 3 aromatic heterocycles. The molecule has 26 heavy (non-hydrogen) atoms. The summed E-state index contributed by atoms with van der Waals surface area (Å²) in [6.45, 7) is 1.78. The summed E-state index contributed by atoms with van der Waals surface area (Å²) in [6, 6.07) is 3.30. The van der Waals surface area contributed by atoms with E-state index in [2.05, 4.69) is 15.3 Å². The average Bonchev–Trinajstić information content (AvgIpc) is 3.09. The molecule has 3 heterocycles. The molecule has 9 heteroatoms. The lowest BCUT2D eigenvalue weighted by molar-refractivity contribution is -0.158. The maximum atomic E-state index is 13.2. The zero-order valence-electron chi connectivity index (χ0n) is 13.7. The number of nitrogens with zero attached hydrogens (tertiary/aromatic N) is 3. The van der Waals surface area contributed by atoms with Gasteiger partial charge in [-0.05, 0) is 43.9 Å². The third-order valence-electron chi connectivity index (χ3n) is 4.42. The van der Waals surface area contributed by atoms with Crippen LogP contribution in [0.2, 0.25) is 0 Å². The quantitative estimate of drug-likeness (QED) is 0.770. The van der Waals surface area contributed by atoms with E-state index in [0.29, 0.717) is 24.3 Å². The second-order valence-electron chi connectivity index (χ2n) is 6.38. The molecule has 1 aliphatic carbocycles. The molecule has 0 spiro atoms. The molecular weight excluding hydrogens is 349 g/mol. The van der Waals surface area contributed by atoms with E-state index in [-0.39, 0.29) is 11.3 Å². The van der Waals surface area contributed by atoms with Gasteiger partial charge in [-0.1, -0.05) is 0 Å². The summed E-state index contributed by atoms with van der Waals surface area (Å²) < 4.78 is 46.4. The molecule has 1 unspecified atom stereocenters. The molecule has 4 rings (SSSR count). The average molecular weight is 364 g/mol. The SMILES string of the molecule is Cc1cc(-c2ccco2)nc2c(C(=O)NC(C3CC3)C(F)(F)F)ncn12. The fourth-order valence-electron chi connectivity index (χ4n) is 2.94. The molecule has 1 fully saturated rings. The molecular formula is C17H15F3N4O2. The molecule has 1 saturated carbocycles. The Morgan fingerprint density at radius 2 is 2.19 bits per heavy atom. The summed E-state index contributed by atoms with van der Waals surface area (Å²) in [5, 5.41) is 2.08. The van der Waals surface area contributed by atoms with Gasteiger partial charge in [0.1, 0.15) is 18.1 Å². The summed E-state index contributed by atoms with van der Waals surface area (Å²) >= 11 is 0. The Morgan fingerprint density at radius 3 is 2.81 bits per heavy atom. The van der Waals surface area contributed by atoms with E-state index in [9.17, 15) is 18.0 Å². The van der Waals surface area contributed by atoms with Gasteiger partial charge in [0, 0.05) is 5.69 Å². The molecule has 0 aliphatic heterocycles. The number of carbonyl (C=O) groups is 1. The van der Waals surface area contributed by atoms with Gasteiger partial charge in [0.15, 0.2) is 17.1 Å². The fraction of sp³-hybridized carbons (Fsp3) is 0.353. The number of carbonyl (C=O) groups excluding carboxylic acids is 1. The number of alkyl halides is 3. The van der Waals surface area contributed by atoms with Crippen LogP contribution in [0.4, 0.5) is 13.2 Å². The predicted molar refractivity (Wildman–Crippen MR) is 85.5 cm³/mol. The van der Waals surface area contributed by atoms with Crippen molar-refractivity contribution in [2.24, 2.45) is 5.92 Å². The van der Waals surface area contributed by atoms with Gasteiger partial charge in [0.2, 0.25) is 0 Å². The number of hydrogen-bond acceptors (Lipinski definition) is 4. The van der Waals surface area contributed by atoms with Crippen molar-refractivity contribution in [3.63, 3.8) is 0 Å². The number of fused-ring (bicyclic) bond motifs is 1. The van der Waals surface area contributed by atoms with E-state index in [1.807, 2.05) is 0 Å². The number of aromatic nitrogens is 3. The van der Waals surface area contributed by atoms with Crippen LogP contribution in [0.1, 0.15) is 29.0 Å². The Balaban J connectivity index is 1.71. The first-order valence-electron chi connectivity index (χ1n) is 8.11. The number of aryl methyl sites for hydroxylation is 1. The highest BCUT2D eigenvalue weighted by Crippen LogP contribution is 2.40. The summed E-state index contributed by atoms with van der Waals surface area (Å²) in [5.74, 6) is -0.958. The van der Waals surface area contributed by atoms with Crippen molar-refractivity contribution in [3.8, 4) is 11.5 Å². The maximum absolute atomic E-state index is 13.2. The van der Waals surface area contributed by atoms with E-state index >= 15 is 0 Å². The molecule has 1 amide bonds. The van der Waals surface area contributed by atoms with Crippen molar-refractivity contribution < 1.29 is 22.4 Å². The van der Waals surface area contributed by atoms with Gasteiger partial charge in [-0.3, -0.25) is 9.20 Å². The van der Waals surface area contributed by atoms with Crippen LogP contribution in [0.15, 0.2) is 35.2 Å². The third kappa shape index (κ3) is 2.93.